The Hall–Kier alpha value is -2.70. The van der Waals surface area contributed by atoms with E-state index in [0.29, 0.717) is 12.2 Å². The number of rotatable bonds is 5. The number of tetrazole rings is 1. The van der Waals surface area contributed by atoms with Crippen LogP contribution in [0.15, 0.2) is 36.4 Å². The van der Waals surface area contributed by atoms with Crippen LogP contribution in [-0.4, -0.2) is 31.8 Å². The number of fused-ring (bicyclic) bond motifs is 1. The second-order valence-electron chi connectivity index (χ2n) is 4.84. The number of nitrogens with zero attached hydrogens (tertiary/aromatic N) is 6. The number of nitrogens with two attached hydrogens (primary N) is 1. The summed E-state index contributed by atoms with van der Waals surface area (Å²) in [6.45, 7) is 3.73. The van der Waals surface area contributed by atoms with Gasteiger partial charge in [-0.25, -0.2) is 0 Å². The van der Waals surface area contributed by atoms with Crippen molar-refractivity contribution in [2.45, 2.75) is 19.9 Å². The molecular formula is C14H17N7. The van der Waals surface area contributed by atoms with Crippen molar-refractivity contribution < 1.29 is 0 Å². The zero-order valence-corrected chi connectivity index (χ0v) is 11.8. The van der Waals surface area contributed by atoms with Crippen LogP contribution >= 0.6 is 0 Å². The summed E-state index contributed by atoms with van der Waals surface area (Å²) in [5, 5.41) is 15.8. The minimum absolute atomic E-state index is 0.634. The minimum atomic E-state index is 0.634. The van der Waals surface area contributed by atoms with Gasteiger partial charge in [-0.1, -0.05) is 25.1 Å². The topological polar surface area (TPSA) is 85.2 Å². The Bertz CT molecular complexity index is 737. The van der Waals surface area contributed by atoms with Gasteiger partial charge < -0.3 is 10.6 Å². The average Bonchev–Trinajstić information content (AvgIpc) is 2.96. The molecule has 3 aromatic rings. The number of para-hydroxylation sites is 1. The first-order chi connectivity index (χ1) is 10.3. The second-order valence-corrected chi connectivity index (χ2v) is 4.84. The molecule has 108 valence electrons. The Balaban J connectivity index is 1.91. The molecule has 2 aromatic heterocycles. The van der Waals surface area contributed by atoms with E-state index in [1.165, 1.54) is 4.63 Å². The monoisotopic (exact) mass is 283 g/mol. The molecule has 3 rings (SSSR count). The Morgan fingerprint density at radius 1 is 1.19 bits per heavy atom. The molecule has 0 atom stereocenters. The predicted molar refractivity (Wildman–Crippen MR) is 80.8 cm³/mol. The van der Waals surface area contributed by atoms with Gasteiger partial charge in [0.1, 0.15) is 0 Å². The van der Waals surface area contributed by atoms with E-state index in [2.05, 4.69) is 32.4 Å². The molecular weight excluding hydrogens is 266 g/mol. The first-order valence-corrected chi connectivity index (χ1v) is 6.91. The van der Waals surface area contributed by atoms with E-state index in [9.17, 15) is 0 Å². The fraction of sp³-hybridized carbons (Fsp3) is 0.286. The van der Waals surface area contributed by atoms with Gasteiger partial charge in [-0.2, -0.15) is 0 Å². The SMILES string of the molecule is CCCN(Cc1ccccc1N)c1ccc2nnnn2n1. The van der Waals surface area contributed by atoms with E-state index < -0.39 is 0 Å². The summed E-state index contributed by atoms with van der Waals surface area (Å²) >= 11 is 0. The summed E-state index contributed by atoms with van der Waals surface area (Å²) in [6, 6.07) is 11.7. The molecule has 2 heterocycles. The van der Waals surface area contributed by atoms with Crippen molar-refractivity contribution in [1.29, 1.82) is 0 Å². The van der Waals surface area contributed by atoms with E-state index in [0.717, 1.165) is 30.0 Å². The maximum Gasteiger partial charge on any atom is 0.200 e. The Kier molecular flexibility index (Phi) is 3.63. The molecule has 0 saturated carbocycles. The van der Waals surface area contributed by atoms with E-state index in [1.807, 2.05) is 36.4 Å². The third kappa shape index (κ3) is 2.76. The Morgan fingerprint density at radius 3 is 2.86 bits per heavy atom. The summed E-state index contributed by atoms with van der Waals surface area (Å²) in [5.41, 5.74) is 8.55. The molecule has 0 bridgehead atoms. The summed E-state index contributed by atoms with van der Waals surface area (Å²) in [5.74, 6) is 0.833. The molecule has 0 saturated heterocycles. The van der Waals surface area contributed by atoms with Crippen molar-refractivity contribution in [3.63, 3.8) is 0 Å². The number of aromatic nitrogens is 5. The average molecular weight is 283 g/mol. The van der Waals surface area contributed by atoms with Crippen LogP contribution in [0.1, 0.15) is 18.9 Å². The lowest BCUT2D eigenvalue weighted by Gasteiger charge is -2.23. The minimum Gasteiger partial charge on any atom is -0.398 e. The molecule has 7 nitrogen and oxygen atoms in total. The van der Waals surface area contributed by atoms with Crippen molar-refractivity contribution >= 4 is 17.2 Å². The molecule has 0 aliphatic carbocycles. The van der Waals surface area contributed by atoms with E-state index in [-0.39, 0.29) is 0 Å². The van der Waals surface area contributed by atoms with Crippen LogP contribution in [0.5, 0.6) is 0 Å². The third-order valence-electron chi connectivity index (χ3n) is 3.29. The number of nitrogen functional groups attached to an aromatic ring is 1. The number of hydrogen-bond acceptors (Lipinski definition) is 6. The lowest BCUT2D eigenvalue weighted by atomic mass is 10.1. The van der Waals surface area contributed by atoms with Crippen LogP contribution in [0.25, 0.3) is 5.65 Å². The first kappa shape index (κ1) is 13.3. The van der Waals surface area contributed by atoms with Gasteiger partial charge in [0.15, 0.2) is 11.5 Å². The van der Waals surface area contributed by atoms with Crippen LogP contribution in [0.4, 0.5) is 11.5 Å². The molecule has 0 spiro atoms. The van der Waals surface area contributed by atoms with Gasteiger partial charge in [0.25, 0.3) is 0 Å². The van der Waals surface area contributed by atoms with Crippen molar-refractivity contribution in [1.82, 2.24) is 25.3 Å². The lowest BCUT2D eigenvalue weighted by molar-refractivity contribution is 0.694. The van der Waals surface area contributed by atoms with Crippen LogP contribution in [-0.2, 0) is 6.54 Å². The lowest BCUT2D eigenvalue weighted by Crippen LogP contribution is -2.25. The van der Waals surface area contributed by atoms with Gasteiger partial charge in [0.05, 0.1) is 0 Å². The highest BCUT2D eigenvalue weighted by molar-refractivity contribution is 5.50. The maximum atomic E-state index is 6.03. The summed E-state index contributed by atoms with van der Waals surface area (Å²) < 4.78 is 1.44. The van der Waals surface area contributed by atoms with E-state index in [1.54, 1.807) is 0 Å². The van der Waals surface area contributed by atoms with Gasteiger partial charge in [0, 0.05) is 18.8 Å². The van der Waals surface area contributed by atoms with Crippen molar-refractivity contribution in [3.8, 4) is 0 Å². The predicted octanol–water partition coefficient (Wildman–Crippen LogP) is 1.52. The van der Waals surface area contributed by atoms with Gasteiger partial charge in [-0.15, -0.1) is 14.8 Å². The van der Waals surface area contributed by atoms with Crippen molar-refractivity contribution in [2.75, 3.05) is 17.2 Å². The highest BCUT2D eigenvalue weighted by Gasteiger charge is 2.11. The zero-order valence-electron chi connectivity index (χ0n) is 11.8. The fourth-order valence-electron chi connectivity index (χ4n) is 2.24. The van der Waals surface area contributed by atoms with E-state index >= 15 is 0 Å². The summed E-state index contributed by atoms with van der Waals surface area (Å²) in [4.78, 5) is 2.17. The molecule has 1 aromatic carbocycles. The summed E-state index contributed by atoms with van der Waals surface area (Å²) in [7, 11) is 0. The first-order valence-electron chi connectivity index (χ1n) is 6.91. The molecule has 0 unspecified atom stereocenters. The highest BCUT2D eigenvalue weighted by atomic mass is 15.6. The fourth-order valence-corrected chi connectivity index (χ4v) is 2.24. The Morgan fingerprint density at radius 2 is 2.05 bits per heavy atom. The molecule has 7 heteroatoms. The molecule has 0 aliphatic rings. The molecule has 0 radical (unpaired) electrons. The smallest absolute Gasteiger partial charge is 0.200 e. The van der Waals surface area contributed by atoms with Crippen LogP contribution < -0.4 is 10.6 Å². The molecule has 0 amide bonds. The number of benzene rings is 1. The van der Waals surface area contributed by atoms with Crippen molar-refractivity contribution in [2.24, 2.45) is 0 Å². The second kappa shape index (κ2) is 5.74. The van der Waals surface area contributed by atoms with Gasteiger partial charge in [0.2, 0.25) is 0 Å². The normalized spacial score (nSPS) is 10.9. The zero-order chi connectivity index (χ0) is 14.7. The molecule has 2 N–H and O–H groups in total. The quantitative estimate of drug-likeness (QED) is 0.714. The molecule has 0 aliphatic heterocycles. The summed E-state index contributed by atoms with van der Waals surface area (Å²) in [6.07, 6.45) is 1.02. The Labute approximate surface area is 122 Å². The van der Waals surface area contributed by atoms with Crippen LogP contribution in [0.2, 0.25) is 0 Å². The third-order valence-corrected chi connectivity index (χ3v) is 3.29. The molecule has 21 heavy (non-hydrogen) atoms. The number of hydrogen-bond donors (Lipinski definition) is 1. The molecule has 0 fully saturated rings. The van der Waals surface area contributed by atoms with Crippen LogP contribution in [0, 0.1) is 0 Å². The maximum absolute atomic E-state index is 6.03. The number of anilines is 2. The van der Waals surface area contributed by atoms with Gasteiger partial charge >= 0.3 is 0 Å². The van der Waals surface area contributed by atoms with Crippen molar-refractivity contribution in [3.05, 3.63) is 42.0 Å². The van der Waals surface area contributed by atoms with E-state index in [4.69, 9.17) is 5.73 Å². The van der Waals surface area contributed by atoms with Crippen LogP contribution in [0.3, 0.4) is 0 Å². The highest BCUT2D eigenvalue weighted by Crippen LogP contribution is 2.18. The van der Waals surface area contributed by atoms with Gasteiger partial charge in [-0.05, 0) is 40.6 Å². The largest absolute Gasteiger partial charge is 0.398 e. The standard InChI is InChI=1S/C14H17N7/c1-2-9-20(10-11-5-3-4-6-12(11)15)14-8-7-13-16-18-19-21(13)17-14/h3-8H,2,9-10,15H2,1H3. The van der Waals surface area contributed by atoms with Gasteiger partial charge in [-0.3, -0.25) is 0 Å².